The molecule has 4 nitrogen and oxygen atoms in total. The fourth-order valence-corrected chi connectivity index (χ4v) is 2.85. The molecular formula is C17H19ClN4. The molecule has 5 heteroatoms. The number of halogens is 1. The van der Waals surface area contributed by atoms with Crippen molar-refractivity contribution in [3.8, 4) is 0 Å². The molecule has 0 N–H and O–H groups in total. The lowest BCUT2D eigenvalue weighted by Crippen LogP contribution is -2.20. The molecule has 22 heavy (non-hydrogen) atoms. The van der Waals surface area contributed by atoms with Crippen molar-refractivity contribution in [1.29, 1.82) is 0 Å². The first-order chi connectivity index (χ1) is 10.6. The van der Waals surface area contributed by atoms with Gasteiger partial charge in [0.1, 0.15) is 5.82 Å². The zero-order valence-corrected chi connectivity index (χ0v) is 13.6. The maximum Gasteiger partial charge on any atom is 0.105 e. The molecule has 0 unspecified atom stereocenters. The third kappa shape index (κ3) is 3.07. The van der Waals surface area contributed by atoms with Crippen LogP contribution in [0.25, 0.3) is 10.9 Å². The number of fused-ring (bicyclic) bond motifs is 1. The maximum atomic E-state index is 6.13. The molecular weight excluding hydrogens is 296 g/mol. The van der Waals surface area contributed by atoms with E-state index >= 15 is 0 Å². The van der Waals surface area contributed by atoms with Gasteiger partial charge in [-0.25, -0.2) is 4.98 Å². The fourth-order valence-electron chi connectivity index (χ4n) is 2.68. The van der Waals surface area contributed by atoms with Gasteiger partial charge in [0.15, 0.2) is 0 Å². The molecule has 0 amide bonds. The maximum absolute atomic E-state index is 6.13. The lowest BCUT2D eigenvalue weighted by molar-refractivity contribution is 0.623. The molecule has 0 aliphatic rings. The Morgan fingerprint density at radius 2 is 2.05 bits per heavy atom. The molecule has 0 radical (unpaired) electrons. The molecule has 1 aromatic carbocycles. The normalized spacial score (nSPS) is 11.0. The van der Waals surface area contributed by atoms with E-state index in [1.54, 1.807) is 0 Å². The number of hydrogen-bond donors (Lipinski definition) is 0. The molecule has 0 aliphatic heterocycles. The summed E-state index contributed by atoms with van der Waals surface area (Å²) in [5.41, 5.74) is 2.13. The van der Waals surface area contributed by atoms with Crippen LogP contribution < -0.4 is 4.90 Å². The standard InChI is InChI=1S/C17H19ClN4/c1-13-19-8-11-22(13)10-3-9-21(2)17-6-7-20-16-5-4-14(18)12-15(16)17/h4-8,11-12H,3,9-10H2,1-2H3. The number of aromatic nitrogens is 3. The van der Waals surface area contributed by atoms with Gasteiger partial charge >= 0.3 is 0 Å². The average Bonchev–Trinajstić information content (AvgIpc) is 2.92. The molecule has 0 bridgehead atoms. The van der Waals surface area contributed by atoms with Gasteiger partial charge in [0.25, 0.3) is 0 Å². The van der Waals surface area contributed by atoms with E-state index in [0.29, 0.717) is 0 Å². The third-order valence-corrected chi connectivity index (χ3v) is 4.14. The van der Waals surface area contributed by atoms with Gasteiger partial charge in [-0.15, -0.1) is 0 Å². The van der Waals surface area contributed by atoms with Crippen LogP contribution in [0.15, 0.2) is 42.9 Å². The SMILES string of the molecule is Cc1nccn1CCCN(C)c1ccnc2ccc(Cl)cc12. The molecule has 2 heterocycles. The van der Waals surface area contributed by atoms with Crippen LogP contribution in [0.1, 0.15) is 12.2 Å². The van der Waals surface area contributed by atoms with E-state index < -0.39 is 0 Å². The van der Waals surface area contributed by atoms with Crippen molar-refractivity contribution in [3.63, 3.8) is 0 Å². The summed E-state index contributed by atoms with van der Waals surface area (Å²) in [5.74, 6) is 1.06. The van der Waals surface area contributed by atoms with Gasteiger partial charge in [0.2, 0.25) is 0 Å². The van der Waals surface area contributed by atoms with Crippen molar-refractivity contribution >= 4 is 28.2 Å². The predicted octanol–water partition coefficient (Wildman–Crippen LogP) is 3.92. The van der Waals surface area contributed by atoms with Gasteiger partial charge in [-0.3, -0.25) is 4.98 Å². The van der Waals surface area contributed by atoms with Gasteiger partial charge in [0.05, 0.1) is 5.52 Å². The minimum absolute atomic E-state index is 0.740. The van der Waals surface area contributed by atoms with Gasteiger partial charge in [-0.2, -0.15) is 0 Å². The first kappa shape index (κ1) is 14.9. The second-order valence-electron chi connectivity index (χ2n) is 5.43. The highest BCUT2D eigenvalue weighted by molar-refractivity contribution is 6.31. The molecule has 3 aromatic rings. The Kier molecular flexibility index (Phi) is 4.29. The largest absolute Gasteiger partial charge is 0.374 e. The summed E-state index contributed by atoms with van der Waals surface area (Å²) >= 11 is 6.13. The van der Waals surface area contributed by atoms with Gasteiger partial charge in [0, 0.05) is 54.8 Å². The third-order valence-electron chi connectivity index (χ3n) is 3.91. The van der Waals surface area contributed by atoms with Crippen molar-refractivity contribution in [2.24, 2.45) is 0 Å². The summed E-state index contributed by atoms with van der Waals surface area (Å²) < 4.78 is 2.18. The van der Waals surface area contributed by atoms with Crippen molar-refractivity contribution in [1.82, 2.24) is 14.5 Å². The molecule has 0 saturated carbocycles. The minimum Gasteiger partial charge on any atom is -0.374 e. The van der Waals surface area contributed by atoms with Crippen LogP contribution in [-0.4, -0.2) is 28.1 Å². The van der Waals surface area contributed by atoms with E-state index in [9.17, 15) is 0 Å². The van der Waals surface area contributed by atoms with E-state index in [-0.39, 0.29) is 0 Å². The molecule has 3 rings (SSSR count). The second-order valence-corrected chi connectivity index (χ2v) is 5.87. The Morgan fingerprint density at radius 3 is 2.82 bits per heavy atom. The van der Waals surface area contributed by atoms with Crippen molar-refractivity contribution in [2.75, 3.05) is 18.5 Å². The number of aryl methyl sites for hydroxylation is 2. The van der Waals surface area contributed by atoms with E-state index in [1.165, 1.54) is 0 Å². The highest BCUT2D eigenvalue weighted by Crippen LogP contribution is 2.27. The minimum atomic E-state index is 0.740. The highest BCUT2D eigenvalue weighted by atomic mass is 35.5. The molecule has 2 aromatic heterocycles. The zero-order chi connectivity index (χ0) is 15.5. The summed E-state index contributed by atoms with van der Waals surface area (Å²) in [6, 6.07) is 7.86. The van der Waals surface area contributed by atoms with E-state index in [0.717, 1.165) is 46.9 Å². The first-order valence-electron chi connectivity index (χ1n) is 7.38. The quantitative estimate of drug-likeness (QED) is 0.716. The van der Waals surface area contributed by atoms with Crippen LogP contribution in [0.2, 0.25) is 5.02 Å². The molecule has 0 fully saturated rings. The monoisotopic (exact) mass is 314 g/mol. The van der Waals surface area contributed by atoms with Crippen molar-refractivity contribution in [2.45, 2.75) is 19.9 Å². The average molecular weight is 315 g/mol. The number of nitrogens with zero attached hydrogens (tertiary/aromatic N) is 4. The molecule has 0 aliphatic carbocycles. The lowest BCUT2D eigenvalue weighted by Gasteiger charge is -2.21. The first-order valence-corrected chi connectivity index (χ1v) is 7.76. The molecule has 0 saturated heterocycles. The summed E-state index contributed by atoms with van der Waals surface area (Å²) in [4.78, 5) is 10.9. The van der Waals surface area contributed by atoms with Gasteiger partial charge < -0.3 is 9.47 Å². The molecule has 0 atom stereocenters. The Hall–Kier alpha value is -2.07. The topological polar surface area (TPSA) is 34.0 Å². The second kappa shape index (κ2) is 6.36. The zero-order valence-electron chi connectivity index (χ0n) is 12.8. The number of rotatable bonds is 5. The van der Waals surface area contributed by atoms with Crippen LogP contribution in [0, 0.1) is 6.92 Å². The van der Waals surface area contributed by atoms with Crippen LogP contribution in [-0.2, 0) is 6.54 Å². The van der Waals surface area contributed by atoms with Gasteiger partial charge in [-0.05, 0) is 37.6 Å². The fraction of sp³-hybridized carbons (Fsp3) is 0.294. The molecule has 114 valence electrons. The number of anilines is 1. The van der Waals surface area contributed by atoms with E-state index in [4.69, 9.17) is 11.6 Å². The van der Waals surface area contributed by atoms with Crippen molar-refractivity contribution < 1.29 is 0 Å². The van der Waals surface area contributed by atoms with E-state index in [2.05, 4.69) is 26.5 Å². The Morgan fingerprint density at radius 1 is 1.18 bits per heavy atom. The van der Waals surface area contributed by atoms with Crippen LogP contribution in [0.5, 0.6) is 0 Å². The summed E-state index contributed by atoms with van der Waals surface area (Å²) in [7, 11) is 2.11. The Labute approximate surface area is 135 Å². The summed E-state index contributed by atoms with van der Waals surface area (Å²) in [6.45, 7) is 3.96. The van der Waals surface area contributed by atoms with Crippen LogP contribution in [0.4, 0.5) is 5.69 Å². The lowest BCUT2D eigenvalue weighted by atomic mass is 10.1. The number of pyridine rings is 1. The highest BCUT2D eigenvalue weighted by Gasteiger charge is 2.07. The number of imidazole rings is 1. The van der Waals surface area contributed by atoms with E-state index in [1.807, 2.05) is 49.8 Å². The number of hydrogen-bond acceptors (Lipinski definition) is 3. The van der Waals surface area contributed by atoms with Crippen LogP contribution >= 0.6 is 11.6 Å². The molecule has 0 spiro atoms. The van der Waals surface area contributed by atoms with Crippen molar-refractivity contribution in [3.05, 3.63) is 53.7 Å². The Bertz CT molecular complexity index is 781. The smallest absolute Gasteiger partial charge is 0.105 e. The summed E-state index contributed by atoms with van der Waals surface area (Å²) in [5, 5.41) is 1.83. The summed E-state index contributed by atoms with van der Waals surface area (Å²) in [6.07, 6.45) is 6.77. The predicted molar refractivity (Wildman–Crippen MR) is 91.6 cm³/mol. The number of benzene rings is 1. The Balaban J connectivity index is 1.73. The van der Waals surface area contributed by atoms with Crippen LogP contribution in [0.3, 0.4) is 0 Å². The van der Waals surface area contributed by atoms with Gasteiger partial charge in [-0.1, -0.05) is 11.6 Å².